The zero-order valence-corrected chi connectivity index (χ0v) is 18.4. The number of alkyl halides is 3. The summed E-state index contributed by atoms with van der Waals surface area (Å²) in [4.78, 5) is 14.9. The Morgan fingerprint density at radius 1 is 1.23 bits per heavy atom. The van der Waals surface area contributed by atoms with Crippen molar-refractivity contribution in [3.8, 4) is 0 Å². The highest BCUT2D eigenvalue weighted by molar-refractivity contribution is 7.16. The number of carbonyl (C=O) groups excluding carboxylic acids is 1. The average molecular weight is 470 g/mol. The smallest absolute Gasteiger partial charge is 0.381 e. The molecule has 1 amide bonds. The molecule has 0 bridgehead atoms. The van der Waals surface area contributed by atoms with E-state index in [0.29, 0.717) is 22.9 Å². The number of carbonyl (C=O) groups is 1. The van der Waals surface area contributed by atoms with Gasteiger partial charge in [0.05, 0.1) is 10.9 Å². The van der Waals surface area contributed by atoms with Gasteiger partial charge in [0, 0.05) is 42.7 Å². The monoisotopic (exact) mass is 469 g/mol. The number of allylic oxidation sites excluding steroid dienone is 1. The minimum atomic E-state index is -4.52. The number of halogens is 4. The van der Waals surface area contributed by atoms with E-state index in [1.54, 1.807) is 0 Å². The summed E-state index contributed by atoms with van der Waals surface area (Å²) < 4.78 is 43.8. The van der Waals surface area contributed by atoms with Gasteiger partial charge >= 0.3 is 6.18 Å². The molecule has 8 heteroatoms. The molecule has 1 aromatic heterocycles. The summed E-state index contributed by atoms with van der Waals surface area (Å²) in [5.74, 6) is -0.220. The lowest BCUT2D eigenvalue weighted by Gasteiger charge is -2.34. The first-order valence-corrected chi connectivity index (χ1v) is 11.5. The minimum Gasteiger partial charge on any atom is -0.381 e. The molecule has 2 aromatic rings. The maximum atomic E-state index is 12.6. The molecule has 0 N–H and O–H groups in total. The van der Waals surface area contributed by atoms with Crippen molar-refractivity contribution in [2.24, 2.45) is 5.92 Å². The molecule has 1 fully saturated rings. The van der Waals surface area contributed by atoms with E-state index in [1.165, 1.54) is 21.8 Å². The fourth-order valence-electron chi connectivity index (χ4n) is 4.41. The van der Waals surface area contributed by atoms with Crippen LogP contribution in [0.4, 0.5) is 13.2 Å². The van der Waals surface area contributed by atoms with Crippen molar-refractivity contribution in [3.63, 3.8) is 0 Å². The quantitative estimate of drug-likeness (QED) is 0.517. The topological polar surface area (TPSA) is 29.5 Å². The number of fused-ring (bicyclic) bond motifs is 1. The zero-order chi connectivity index (χ0) is 22.0. The maximum Gasteiger partial charge on any atom is 0.409 e. The summed E-state index contributed by atoms with van der Waals surface area (Å²) >= 11 is 7.67. The summed E-state index contributed by atoms with van der Waals surface area (Å²) in [6.07, 6.45) is -0.946. The first-order valence-electron chi connectivity index (χ1n) is 10.3. The molecule has 0 spiro atoms. The predicted molar refractivity (Wildman–Crippen MR) is 115 cm³/mol. The van der Waals surface area contributed by atoms with Gasteiger partial charge in [-0.05, 0) is 47.9 Å². The number of ether oxygens (including phenoxy) is 1. The summed E-state index contributed by atoms with van der Waals surface area (Å²) in [7, 11) is 0. The van der Waals surface area contributed by atoms with E-state index in [9.17, 15) is 18.0 Å². The number of amides is 1. The van der Waals surface area contributed by atoms with Gasteiger partial charge in [0.2, 0.25) is 5.91 Å². The number of nitrogens with zero attached hydrogens (tertiary/aromatic N) is 1. The second-order valence-electron chi connectivity index (χ2n) is 8.03. The van der Waals surface area contributed by atoms with Gasteiger partial charge in [-0.15, -0.1) is 11.3 Å². The van der Waals surface area contributed by atoms with E-state index in [-0.39, 0.29) is 18.5 Å². The summed E-state index contributed by atoms with van der Waals surface area (Å²) in [5, 5.41) is 0. The normalized spacial score (nSPS) is 20.3. The molecule has 2 aliphatic rings. The van der Waals surface area contributed by atoms with Crippen LogP contribution in [0.25, 0.3) is 0 Å². The Morgan fingerprint density at radius 3 is 2.71 bits per heavy atom. The second kappa shape index (κ2) is 9.35. The zero-order valence-electron chi connectivity index (χ0n) is 16.8. The highest BCUT2D eigenvalue weighted by atomic mass is 35.5. The highest BCUT2D eigenvalue weighted by Crippen LogP contribution is 2.41. The van der Waals surface area contributed by atoms with Crippen molar-refractivity contribution in [3.05, 3.63) is 68.4 Å². The van der Waals surface area contributed by atoms with Gasteiger partial charge in [0.25, 0.3) is 0 Å². The van der Waals surface area contributed by atoms with Gasteiger partial charge in [-0.3, -0.25) is 4.79 Å². The first kappa shape index (κ1) is 22.4. The molecule has 0 unspecified atom stereocenters. The molecule has 1 saturated heterocycles. The molecule has 4 rings (SSSR count). The summed E-state index contributed by atoms with van der Waals surface area (Å²) in [6, 6.07) is 10.1. The number of hydrogen-bond donors (Lipinski definition) is 0. The van der Waals surface area contributed by atoms with Crippen LogP contribution in [0.1, 0.15) is 40.3 Å². The molecule has 0 saturated carbocycles. The average Bonchev–Trinajstić information content (AvgIpc) is 3.12. The second-order valence-corrected chi connectivity index (χ2v) is 9.80. The number of rotatable bonds is 4. The van der Waals surface area contributed by atoms with Crippen molar-refractivity contribution >= 4 is 28.8 Å². The van der Waals surface area contributed by atoms with Crippen LogP contribution in [-0.2, 0) is 22.5 Å². The van der Waals surface area contributed by atoms with Crippen LogP contribution in [0.5, 0.6) is 0 Å². The molecule has 0 aliphatic carbocycles. The molecular weight excluding hydrogens is 447 g/mol. The van der Waals surface area contributed by atoms with Gasteiger partial charge in [0.1, 0.15) is 0 Å². The van der Waals surface area contributed by atoms with Gasteiger partial charge in [-0.2, -0.15) is 13.2 Å². The molecule has 2 aliphatic heterocycles. The lowest BCUT2D eigenvalue weighted by atomic mass is 9.82. The lowest BCUT2D eigenvalue weighted by Crippen LogP contribution is -2.37. The lowest BCUT2D eigenvalue weighted by molar-refractivity contribution is -0.127. The van der Waals surface area contributed by atoms with Crippen LogP contribution < -0.4 is 0 Å². The van der Waals surface area contributed by atoms with Crippen LogP contribution in [0, 0.1) is 5.92 Å². The number of hydrogen-bond acceptors (Lipinski definition) is 3. The van der Waals surface area contributed by atoms with Gasteiger partial charge in [0.15, 0.2) is 0 Å². The van der Waals surface area contributed by atoms with Crippen LogP contribution in [0.3, 0.4) is 0 Å². The van der Waals surface area contributed by atoms with Crippen molar-refractivity contribution in [2.75, 3.05) is 19.8 Å². The molecule has 3 heterocycles. The van der Waals surface area contributed by atoms with E-state index in [0.717, 1.165) is 48.5 Å². The number of benzene rings is 1. The van der Waals surface area contributed by atoms with E-state index >= 15 is 0 Å². The van der Waals surface area contributed by atoms with Crippen LogP contribution in [0.15, 0.2) is 42.5 Å². The Hall–Kier alpha value is -1.83. The standard InChI is InChI=1S/C23H23ClF3NO2S/c24-21-12-18-19(13-28(14-20(18)31-21)22(29)5-8-23(25,26)27)17-4-2-1-3-16(17)11-15-6-9-30-10-7-15/h1-5,8,12,15,19H,6-7,9-11,13-14H2/b8-5+/t19-/m1/s1. The molecule has 1 aromatic carbocycles. The first-order chi connectivity index (χ1) is 14.8. The molecular formula is C23H23ClF3NO2S. The van der Waals surface area contributed by atoms with Crippen molar-refractivity contribution in [1.29, 1.82) is 0 Å². The third-order valence-corrected chi connectivity index (χ3v) is 7.20. The van der Waals surface area contributed by atoms with Crippen molar-refractivity contribution < 1.29 is 22.7 Å². The van der Waals surface area contributed by atoms with E-state index in [1.807, 2.05) is 18.2 Å². The van der Waals surface area contributed by atoms with E-state index in [2.05, 4.69) is 12.1 Å². The molecule has 1 atom stereocenters. The fourth-order valence-corrected chi connectivity index (χ4v) is 5.77. The van der Waals surface area contributed by atoms with E-state index in [4.69, 9.17) is 16.3 Å². The molecule has 166 valence electrons. The van der Waals surface area contributed by atoms with Gasteiger partial charge in [-0.1, -0.05) is 35.9 Å². The molecule has 31 heavy (non-hydrogen) atoms. The van der Waals surface area contributed by atoms with Crippen LogP contribution in [-0.4, -0.2) is 36.7 Å². The van der Waals surface area contributed by atoms with Crippen molar-refractivity contribution in [2.45, 2.75) is 37.9 Å². The largest absolute Gasteiger partial charge is 0.409 e. The summed E-state index contributed by atoms with van der Waals surface area (Å²) in [6.45, 7) is 2.14. The third kappa shape index (κ3) is 5.51. The third-order valence-electron chi connectivity index (χ3n) is 5.93. The Bertz CT molecular complexity index is 966. The van der Waals surface area contributed by atoms with Crippen molar-refractivity contribution in [1.82, 2.24) is 4.90 Å². The van der Waals surface area contributed by atoms with E-state index < -0.39 is 12.1 Å². The Kier molecular flexibility index (Phi) is 6.74. The van der Waals surface area contributed by atoms with Gasteiger partial charge in [-0.25, -0.2) is 0 Å². The Morgan fingerprint density at radius 2 is 1.97 bits per heavy atom. The van der Waals surface area contributed by atoms with Crippen LogP contribution >= 0.6 is 22.9 Å². The number of thiophene rings is 1. The molecule has 0 radical (unpaired) electrons. The SMILES string of the molecule is O=C(/C=C/C(F)(F)F)N1Cc2sc(Cl)cc2[C@@H](c2ccccc2CC2CCOCC2)C1. The molecule has 3 nitrogen and oxygen atoms in total. The van der Waals surface area contributed by atoms with Crippen LogP contribution in [0.2, 0.25) is 4.34 Å². The minimum absolute atomic E-state index is 0.000348. The fraction of sp³-hybridized carbons (Fsp3) is 0.435. The summed E-state index contributed by atoms with van der Waals surface area (Å²) in [5.41, 5.74) is 3.40. The maximum absolute atomic E-state index is 12.6. The highest BCUT2D eigenvalue weighted by Gasteiger charge is 2.32. The Balaban J connectivity index is 1.64. The Labute approximate surface area is 188 Å². The predicted octanol–water partition coefficient (Wildman–Crippen LogP) is 5.96. The van der Waals surface area contributed by atoms with Gasteiger partial charge < -0.3 is 9.64 Å².